The topological polar surface area (TPSA) is 53.5 Å². The van der Waals surface area contributed by atoms with Crippen molar-refractivity contribution in [3.63, 3.8) is 0 Å². The van der Waals surface area contributed by atoms with Crippen molar-refractivity contribution in [3.05, 3.63) is 42.6 Å². The summed E-state index contributed by atoms with van der Waals surface area (Å²) in [5.74, 6) is 2.60. The quantitative estimate of drug-likeness (QED) is 0.726. The lowest BCUT2D eigenvalue weighted by atomic mass is 9.78. The SMILES string of the molecule is [B]c1ccc(N2CCC(C3CCN(c4ccc(S(C)(=O)=O)cc4)CC3)CC2)nc1. The number of sulfone groups is 1. The summed E-state index contributed by atoms with van der Waals surface area (Å²) in [7, 11) is 2.61. The second-order valence-electron chi connectivity index (χ2n) is 8.36. The van der Waals surface area contributed by atoms with Crippen molar-refractivity contribution >= 4 is 34.7 Å². The molecular weight excluding hydrogens is 381 g/mol. The zero-order valence-electron chi connectivity index (χ0n) is 17.0. The maximum atomic E-state index is 11.6. The lowest BCUT2D eigenvalue weighted by molar-refractivity contribution is 0.233. The predicted octanol–water partition coefficient (Wildman–Crippen LogP) is 2.41. The van der Waals surface area contributed by atoms with E-state index in [4.69, 9.17) is 7.85 Å². The molecule has 0 N–H and O–H groups in total. The summed E-state index contributed by atoms with van der Waals surface area (Å²) in [6.45, 7) is 4.22. The Labute approximate surface area is 175 Å². The van der Waals surface area contributed by atoms with Crippen LogP contribution in [0.25, 0.3) is 0 Å². The molecule has 0 bridgehead atoms. The summed E-state index contributed by atoms with van der Waals surface area (Å²) >= 11 is 0. The van der Waals surface area contributed by atoms with Crippen LogP contribution in [0.3, 0.4) is 0 Å². The minimum absolute atomic E-state index is 0.387. The number of hydrogen-bond acceptors (Lipinski definition) is 5. The van der Waals surface area contributed by atoms with Gasteiger partial charge in [0.05, 0.1) is 4.90 Å². The molecule has 0 aliphatic carbocycles. The first-order valence-corrected chi connectivity index (χ1v) is 12.3. The predicted molar refractivity (Wildman–Crippen MR) is 119 cm³/mol. The van der Waals surface area contributed by atoms with E-state index in [0.717, 1.165) is 49.5 Å². The van der Waals surface area contributed by atoms with Crippen LogP contribution in [0.15, 0.2) is 47.5 Å². The number of nitrogens with zero attached hydrogens (tertiary/aromatic N) is 3. The van der Waals surface area contributed by atoms with Crippen molar-refractivity contribution in [2.45, 2.75) is 30.6 Å². The van der Waals surface area contributed by atoms with E-state index in [2.05, 4.69) is 14.8 Å². The minimum Gasteiger partial charge on any atom is -0.372 e. The van der Waals surface area contributed by atoms with Crippen LogP contribution in [0.2, 0.25) is 0 Å². The maximum absolute atomic E-state index is 11.6. The van der Waals surface area contributed by atoms with Crippen LogP contribution >= 0.6 is 0 Å². The van der Waals surface area contributed by atoms with Crippen LogP contribution < -0.4 is 15.3 Å². The molecule has 7 heteroatoms. The smallest absolute Gasteiger partial charge is 0.175 e. The first-order valence-electron chi connectivity index (χ1n) is 10.4. The fourth-order valence-corrected chi connectivity index (χ4v) is 5.35. The fourth-order valence-electron chi connectivity index (χ4n) is 4.72. The van der Waals surface area contributed by atoms with E-state index in [1.807, 2.05) is 24.3 Å². The minimum atomic E-state index is -3.13. The Morgan fingerprint density at radius 3 is 1.90 bits per heavy atom. The van der Waals surface area contributed by atoms with Gasteiger partial charge in [-0.3, -0.25) is 0 Å². The highest BCUT2D eigenvalue weighted by atomic mass is 32.2. The highest BCUT2D eigenvalue weighted by Gasteiger charge is 2.30. The van der Waals surface area contributed by atoms with Crippen LogP contribution in [0.1, 0.15) is 25.7 Å². The Hall–Kier alpha value is -2.02. The maximum Gasteiger partial charge on any atom is 0.175 e. The van der Waals surface area contributed by atoms with Crippen molar-refractivity contribution in [2.75, 3.05) is 42.2 Å². The molecule has 1 aromatic heterocycles. The molecule has 2 aliphatic rings. The third kappa shape index (κ3) is 4.77. The van der Waals surface area contributed by atoms with Gasteiger partial charge in [-0.2, -0.15) is 0 Å². The molecule has 2 aliphatic heterocycles. The molecule has 2 aromatic rings. The number of piperidine rings is 2. The standard InChI is InChI=1S/C22H28BN3O2S/c1-29(27,28)21-5-3-20(4-6-21)25-12-8-17(9-13-25)18-10-14-26(15-11-18)22-7-2-19(23)16-24-22/h2-7,16-18H,8-15H2,1H3. The second-order valence-corrected chi connectivity index (χ2v) is 10.4. The van der Waals surface area contributed by atoms with Crippen LogP contribution in [-0.2, 0) is 9.84 Å². The average molecular weight is 409 g/mol. The van der Waals surface area contributed by atoms with E-state index in [-0.39, 0.29) is 0 Å². The molecule has 0 saturated carbocycles. The number of benzene rings is 1. The highest BCUT2D eigenvalue weighted by Crippen LogP contribution is 2.34. The Morgan fingerprint density at radius 1 is 0.862 bits per heavy atom. The molecule has 1 aromatic carbocycles. The molecule has 0 amide bonds. The molecule has 29 heavy (non-hydrogen) atoms. The lowest BCUT2D eigenvalue weighted by Gasteiger charge is -2.41. The van der Waals surface area contributed by atoms with Gasteiger partial charge < -0.3 is 9.80 Å². The molecule has 2 fully saturated rings. The van der Waals surface area contributed by atoms with Crippen LogP contribution in [0.5, 0.6) is 0 Å². The molecule has 3 heterocycles. The van der Waals surface area contributed by atoms with Crippen LogP contribution in [-0.4, -0.2) is 53.7 Å². The van der Waals surface area contributed by atoms with Crippen molar-refractivity contribution in [3.8, 4) is 0 Å². The number of pyridine rings is 1. The van der Waals surface area contributed by atoms with Gasteiger partial charge in [0.25, 0.3) is 0 Å². The molecule has 4 rings (SSSR count). The van der Waals surface area contributed by atoms with Crippen molar-refractivity contribution in [2.24, 2.45) is 11.8 Å². The van der Waals surface area contributed by atoms with E-state index in [1.165, 1.54) is 31.9 Å². The average Bonchev–Trinajstić information content (AvgIpc) is 2.74. The third-order valence-corrected chi connectivity index (χ3v) is 7.60. The zero-order chi connectivity index (χ0) is 20.4. The van der Waals surface area contributed by atoms with Gasteiger partial charge in [-0.25, -0.2) is 13.4 Å². The first kappa shape index (κ1) is 20.3. The summed E-state index contributed by atoms with van der Waals surface area (Å²) < 4.78 is 23.3. The summed E-state index contributed by atoms with van der Waals surface area (Å²) in [6, 6.07) is 11.3. The van der Waals surface area contributed by atoms with E-state index >= 15 is 0 Å². The summed E-state index contributed by atoms with van der Waals surface area (Å²) in [5, 5.41) is 0. The van der Waals surface area contributed by atoms with E-state index in [0.29, 0.717) is 10.4 Å². The number of anilines is 2. The van der Waals surface area contributed by atoms with Gasteiger partial charge in [0.2, 0.25) is 0 Å². The van der Waals surface area contributed by atoms with E-state index in [1.54, 1.807) is 18.3 Å². The number of rotatable bonds is 4. The van der Waals surface area contributed by atoms with Crippen molar-refractivity contribution in [1.82, 2.24) is 4.98 Å². The van der Waals surface area contributed by atoms with Crippen molar-refractivity contribution in [1.29, 1.82) is 0 Å². The number of hydrogen-bond donors (Lipinski definition) is 0. The van der Waals surface area contributed by atoms with Crippen LogP contribution in [0.4, 0.5) is 11.5 Å². The third-order valence-electron chi connectivity index (χ3n) is 6.47. The summed E-state index contributed by atoms with van der Waals surface area (Å²) in [6.07, 6.45) is 7.85. The highest BCUT2D eigenvalue weighted by molar-refractivity contribution is 7.90. The second kappa shape index (κ2) is 8.38. The molecule has 2 radical (unpaired) electrons. The molecule has 0 spiro atoms. The summed E-state index contributed by atoms with van der Waals surface area (Å²) in [4.78, 5) is 9.60. The molecule has 2 saturated heterocycles. The van der Waals surface area contributed by atoms with Crippen molar-refractivity contribution < 1.29 is 8.42 Å². The molecule has 0 unspecified atom stereocenters. The van der Waals surface area contributed by atoms with Gasteiger partial charge in [-0.1, -0.05) is 11.5 Å². The Balaban J connectivity index is 1.28. The Kier molecular flexibility index (Phi) is 5.86. The van der Waals surface area contributed by atoms with Gasteiger partial charge in [0, 0.05) is 44.3 Å². The molecule has 0 atom stereocenters. The fraction of sp³-hybridized carbons (Fsp3) is 0.500. The molecule has 5 nitrogen and oxygen atoms in total. The van der Waals surface area contributed by atoms with Gasteiger partial charge >= 0.3 is 0 Å². The largest absolute Gasteiger partial charge is 0.372 e. The van der Waals surface area contributed by atoms with E-state index < -0.39 is 9.84 Å². The lowest BCUT2D eigenvalue weighted by Crippen LogP contribution is -2.41. The molecular formula is C22H28BN3O2S. The van der Waals surface area contributed by atoms with Gasteiger partial charge in [0.15, 0.2) is 9.84 Å². The van der Waals surface area contributed by atoms with E-state index in [9.17, 15) is 8.42 Å². The Morgan fingerprint density at radius 2 is 1.41 bits per heavy atom. The summed E-state index contributed by atoms with van der Waals surface area (Å²) in [5.41, 5.74) is 1.83. The van der Waals surface area contributed by atoms with Gasteiger partial charge in [0.1, 0.15) is 13.7 Å². The Bertz CT molecular complexity index is 916. The normalized spacial score (nSPS) is 19.5. The van der Waals surface area contributed by atoms with Gasteiger partial charge in [-0.05, 0) is 67.9 Å². The number of aromatic nitrogens is 1. The van der Waals surface area contributed by atoms with Gasteiger partial charge in [-0.15, -0.1) is 0 Å². The molecule has 152 valence electrons. The monoisotopic (exact) mass is 409 g/mol. The van der Waals surface area contributed by atoms with Crippen LogP contribution in [0, 0.1) is 11.8 Å². The zero-order valence-corrected chi connectivity index (χ0v) is 17.8. The first-order chi connectivity index (χ1) is 13.9.